The zero-order chi connectivity index (χ0) is 11.7. The van der Waals surface area contributed by atoms with E-state index in [1.54, 1.807) is 13.8 Å². The Morgan fingerprint density at radius 2 is 1.81 bits per heavy atom. The van der Waals surface area contributed by atoms with Crippen LogP contribution in [0.2, 0.25) is 0 Å². The average molecular weight is 242 g/mol. The van der Waals surface area contributed by atoms with Gasteiger partial charge in [-0.1, -0.05) is 0 Å². The topological polar surface area (TPSA) is 61.8 Å². The van der Waals surface area contributed by atoms with Crippen molar-refractivity contribution in [2.45, 2.75) is 13.8 Å². The molecule has 0 unspecified atom stereocenters. The SMILES string of the molecule is CCOP(=O)([CH-]/C=C/C(=O)OC)OCC.[Li+]. The fraction of sp³-hybridized carbons (Fsp3) is 0.556. The van der Waals surface area contributed by atoms with E-state index in [0.29, 0.717) is 0 Å². The third kappa shape index (κ3) is 8.03. The number of carbonyl (C=O) groups is 1. The number of carbonyl (C=O) groups excluding carboxylic acids is 1. The maximum atomic E-state index is 11.8. The predicted molar refractivity (Wildman–Crippen MR) is 56.3 cm³/mol. The Morgan fingerprint density at radius 1 is 1.31 bits per heavy atom. The summed E-state index contributed by atoms with van der Waals surface area (Å²) in [6.45, 7) is 3.98. The van der Waals surface area contributed by atoms with Crippen molar-refractivity contribution in [2.24, 2.45) is 0 Å². The van der Waals surface area contributed by atoms with E-state index in [9.17, 15) is 9.36 Å². The third-order valence-electron chi connectivity index (χ3n) is 1.32. The van der Waals surface area contributed by atoms with Crippen molar-refractivity contribution in [3.05, 3.63) is 18.3 Å². The van der Waals surface area contributed by atoms with Crippen LogP contribution in [0.3, 0.4) is 0 Å². The Hall–Kier alpha value is -0.173. The van der Waals surface area contributed by atoms with E-state index in [-0.39, 0.29) is 32.1 Å². The summed E-state index contributed by atoms with van der Waals surface area (Å²) in [6, 6.07) is 0. The first kappa shape index (κ1) is 18.2. The fourth-order valence-corrected chi connectivity index (χ4v) is 2.04. The van der Waals surface area contributed by atoms with Gasteiger partial charge in [-0.3, -0.25) is 9.36 Å². The zero-order valence-electron chi connectivity index (χ0n) is 10.1. The van der Waals surface area contributed by atoms with Gasteiger partial charge in [-0.15, -0.1) is 12.2 Å². The molecule has 0 spiro atoms. The van der Waals surface area contributed by atoms with Crippen LogP contribution in [0.1, 0.15) is 13.8 Å². The molecule has 0 rings (SSSR count). The molecule has 0 aromatic rings. The number of ether oxygens (including phenoxy) is 1. The van der Waals surface area contributed by atoms with Crippen molar-refractivity contribution >= 4 is 13.6 Å². The van der Waals surface area contributed by atoms with Gasteiger partial charge in [-0.25, -0.2) is 6.08 Å². The minimum absolute atomic E-state index is 0. The van der Waals surface area contributed by atoms with Crippen LogP contribution in [0.5, 0.6) is 0 Å². The molecule has 0 aliphatic heterocycles. The second-order valence-electron chi connectivity index (χ2n) is 2.41. The molecule has 0 atom stereocenters. The summed E-state index contributed by atoms with van der Waals surface area (Å²) in [5.41, 5.74) is 0. The van der Waals surface area contributed by atoms with Gasteiger partial charge in [0.2, 0.25) is 5.97 Å². The van der Waals surface area contributed by atoms with E-state index >= 15 is 0 Å². The smallest absolute Gasteiger partial charge is 0.479 e. The monoisotopic (exact) mass is 242 g/mol. The second kappa shape index (κ2) is 10.0. The predicted octanol–water partition coefficient (Wildman–Crippen LogP) is -0.853. The van der Waals surface area contributed by atoms with Crippen molar-refractivity contribution < 1.29 is 42.0 Å². The number of methoxy groups -OCH3 is 1. The van der Waals surface area contributed by atoms with Crippen LogP contribution in [0.4, 0.5) is 0 Å². The Morgan fingerprint density at radius 3 is 2.19 bits per heavy atom. The van der Waals surface area contributed by atoms with Crippen molar-refractivity contribution in [1.82, 2.24) is 0 Å². The molecule has 16 heavy (non-hydrogen) atoms. The van der Waals surface area contributed by atoms with Gasteiger partial charge in [0, 0.05) is 0 Å². The average Bonchev–Trinajstić information content (AvgIpc) is 2.18. The molecule has 0 aromatic carbocycles. The summed E-state index contributed by atoms with van der Waals surface area (Å²) in [7, 11) is -1.94. The van der Waals surface area contributed by atoms with E-state index < -0.39 is 13.6 Å². The van der Waals surface area contributed by atoms with Gasteiger partial charge < -0.3 is 13.8 Å². The summed E-state index contributed by atoms with van der Waals surface area (Å²) < 4.78 is 26.1. The molecule has 0 aliphatic rings. The van der Waals surface area contributed by atoms with Crippen molar-refractivity contribution in [3.8, 4) is 0 Å². The number of esters is 1. The molecule has 0 heterocycles. The largest absolute Gasteiger partial charge is 1.00 e. The summed E-state index contributed by atoms with van der Waals surface area (Å²) in [6.07, 6.45) is 3.68. The molecule has 0 aliphatic carbocycles. The minimum atomic E-state index is -3.21. The Bertz CT molecular complexity index is 257. The second-order valence-corrected chi connectivity index (χ2v) is 4.30. The van der Waals surface area contributed by atoms with Crippen LogP contribution in [0.15, 0.2) is 12.2 Å². The maximum Gasteiger partial charge on any atom is 1.00 e. The summed E-state index contributed by atoms with van der Waals surface area (Å²) >= 11 is 0. The van der Waals surface area contributed by atoms with Crippen molar-refractivity contribution in [3.63, 3.8) is 0 Å². The third-order valence-corrected chi connectivity index (χ3v) is 3.09. The minimum Gasteiger partial charge on any atom is -0.479 e. The molecule has 0 amide bonds. The molecular weight excluding hydrogens is 226 g/mol. The van der Waals surface area contributed by atoms with Crippen LogP contribution < -0.4 is 18.9 Å². The van der Waals surface area contributed by atoms with Crippen LogP contribution in [0.25, 0.3) is 0 Å². The quantitative estimate of drug-likeness (QED) is 0.191. The molecule has 5 nitrogen and oxygen atoms in total. The van der Waals surface area contributed by atoms with Gasteiger partial charge in [-0.2, -0.15) is 0 Å². The van der Waals surface area contributed by atoms with Gasteiger partial charge in [0.15, 0.2) is 0 Å². The molecular formula is C9H16LiO5P. The van der Waals surface area contributed by atoms with E-state index in [1.807, 2.05) is 0 Å². The van der Waals surface area contributed by atoms with E-state index in [1.165, 1.54) is 19.3 Å². The van der Waals surface area contributed by atoms with Gasteiger partial charge in [0.1, 0.15) is 0 Å². The first-order valence-corrected chi connectivity index (χ1v) is 6.18. The van der Waals surface area contributed by atoms with Crippen LogP contribution in [-0.4, -0.2) is 26.3 Å². The molecule has 7 heteroatoms. The van der Waals surface area contributed by atoms with Crippen molar-refractivity contribution in [2.75, 3.05) is 20.3 Å². The fourth-order valence-electron chi connectivity index (χ4n) is 0.778. The van der Waals surface area contributed by atoms with Gasteiger partial charge in [-0.05, 0) is 13.8 Å². The maximum absolute atomic E-state index is 11.8. The standard InChI is InChI=1S/C9H16O5P.Li/c1-4-13-15(11,14-5-2)8-6-7-9(10)12-3;/h6-8H,4-5H2,1-3H3;/q-1;+1/b7-6+;. The van der Waals surface area contributed by atoms with E-state index in [2.05, 4.69) is 4.74 Å². The van der Waals surface area contributed by atoms with Gasteiger partial charge >= 0.3 is 18.9 Å². The summed E-state index contributed by atoms with van der Waals surface area (Å²) in [4.78, 5) is 10.7. The van der Waals surface area contributed by atoms with E-state index in [4.69, 9.17) is 9.05 Å². The Balaban J connectivity index is 0. The molecule has 88 valence electrons. The molecule has 0 N–H and O–H groups in total. The van der Waals surface area contributed by atoms with Crippen molar-refractivity contribution in [1.29, 1.82) is 0 Å². The van der Waals surface area contributed by atoms with Crippen LogP contribution in [0, 0.1) is 6.16 Å². The zero-order valence-corrected chi connectivity index (χ0v) is 11.0. The molecule has 0 saturated heterocycles. The number of allylic oxidation sites excluding steroid dienone is 1. The summed E-state index contributed by atoms with van der Waals surface area (Å²) in [5.74, 6) is -0.522. The van der Waals surface area contributed by atoms with Gasteiger partial charge in [0.05, 0.1) is 20.3 Å². The summed E-state index contributed by atoms with van der Waals surface area (Å²) in [5, 5.41) is 0. The Labute approximate surface area is 108 Å². The number of hydrogen-bond donors (Lipinski definition) is 0. The van der Waals surface area contributed by atoms with Crippen LogP contribution in [-0.2, 0) is 23.1 Å². The van der Waals surface area contributed by atoms with Gasteiger partial charge in [0.25, 0.3) is 7.60 Å². The molecule has 0 aromatic heterocycles. The first-order valence-electron chi connectivity index (χ1n) is 4.57. The Kier molecular flexibility index (Phi) is 11.4. The normalized spacial score (nSPS) is 10.9. The first-order chi connectivity index (χ1) is 7.08. The van der Waals surface area contributed by atoms with E-state index in [0.717, 1.165) is 6.08 Å². The number of hydrogen-bond acceptors (Lipinski definition) is 5. The number of rotatable bonds is 7. The molecule has 0 fully saturated rings. The van der Waals surface area contributed by atoms with Crippen LogP contribution >= 0.6 is 7.60 Å². The molecule has 0 bridgehead atoms. The molecule has 0 saturated carbocycles. The molecule has 0 radical (unpaired) electrons.